The van der Waals surface area contributed by atoms with Crippen LogP contribution in [0.3, 0.4) is 0 Å². The van der Waals surface area contributed by atoms with Gasteiger partial charge in [-0.05, 0) is 73.3 Å². The van der Waals surface area contributed by atoms with Crippen molar-refractivity contribution in [3.05, 3.63) is 72.6 Å². The minimum atomic E-state index is -0.464. The summed E-state index contributed by atoms with van der Waals surface area (Å²) >= 11 is 0. The summed E-state index contributed by atoms with van der Waals surface area (Å²) in [5, 5.41) is 0. The molecule has 0 N–H and O–H groups in total. The van der Waals surface area contributed by atoms with Crippen LogP contribution in [-0.2, 0) is 4.74 Å². The van der Waals surface area contributed by atoms with E-state index in [9.17, 15) is 9.18 Å². The third kappa shape index (κ3) is 4.47. The number of allylic oxidation sites excluding steroid dienone is 2. The topological polar surface area (TPSA) is 26.3 Å². The molecular formula is C22H27FO2. The van der Waals surface area contributed by atoms with Crippen molar-refractivity contribution in [2.24, 2.45) is 17.3 Å². The Bertz CT molecular complexity index is 674. The monoisotopic (exact) mass is 342 g/mol. The van der Waals surface area contributed by atoms with Crippen molar-refractivity contribution in [1.82, 2.24) is 0 Å². The van der Waals surface area contributed by atoms with E-state index in [1.807, 2.05) is 6.08 Å². The van der Waals surface area contributed by atoms with Crippen molar-refractivity contribution < 1.29 is 13.9 Å². The number of hydrogen-bond donors (Lipinski definition) is 0. The molecule has 0 spiro atoms. The van der Waals surface area contributed by atoms with E-state index in [0.717, 1.165) is 24.8 Å². The molecule has 3 heteroatoms. The normalized spacial score (nSPS) is 25.9. The molecule has 2 rings (SSSR count). The Labute approximate surface area is 150 Å². The van der Waals surface area contributed by atoms with E-state index in [1.165, 1.54) is 29.8 Å². The second kappa shape index (κ2) is 7.81. The van der Waals surface area contributed by atoms with Gasteiger partial charge in [0, 0.05) is 0 Å². The number of rotatable bonds is 6. The maximum atomic E-state index is 13.0. The molecule has 25 heavy (non-hydrogen) atoms. The fourth-order valence-electron chi connectivity index (χ4n) is 3.58. The van der Waals surface area contributed by atoms with Gasteiger partial charge < -0.3 is 4.74 Å². The fourth-order valence-corrected chi connectivity index (χ4v) is 3.58. The smallest absolute Gasteiger partial charge is 0.338 e. The average molecular weight is 342 g/mol. The summed E-state index contributed by atoms with van der Waals surface area (Å²) in [4.78, 5) is 12.1. The highest BCUT2D eigenvalue weighted by atomic mass is 19.1. The zero-order valence-corrected chi connectivity index (χ0v) is 15.2. The molecule has 0 aliphatic heterocycles. The highest BCUT2D eigenvalue weighted by Gasteiger charge is 2.39. The molecule has 134 valence electrons. The van der Waals surface area contributed by atoms with Gasteiger partial charge >= 0.3 is 5.97 Å². The number of benzene rings is 1. The quantitative estimate of drug-likeness (QED) is 0.488. The zero-order valence-electron chi connectivity index (χ0n) is 15.2. The minimum Gasteiger partial charge on any atom is -0.458 e. The van der Waals surface area contributed by atoms with E-state index in [4.69, 9.17) is 4.74 Å². The third-order valence-electron chi connectivity index (χ3n) is 5.47. The molecule has 1 saturated carbocycles. The Morgan fingerprint density at radius 1 is 1.36 bits per heavy atom. The van der Waals surface area contributed by atoms with Crippen molar-refractivity contribution in [2.75, 3.05) is 6.61 Å². The first-order valence-electron chi connectivity index (χ1n) is 8.66. The lowest BCUT2D eigenvalue weighted by atomic mass is 9.61. The lowest BCUT2D eigenvalue weighted by Crippen LogP contribution is -2.35. The molecule has 1 aliphatic rings. The van der Waals surface area contributed by atoms with Crippen LogP contribution in [0.1, 0.15) is 43.5 Å². The first-order chi connectivity index (χ1) is 11.8. The molecule has 0 radical (unpaired) electrons. The SMILES string of the molecule is C=C[C@]1(C)CC[C@@H](C(=C)C)C[C@H]1C(=C)COC(=O)c1ccc(F)cc1. The Kier molecular flexibility index (Phi) is 5.99. The van der Waals surface area contributed by atoms with E-state index in [-0.39, 0.29) is 23.8 Å². The van der Waals surface area contributed by atoms with E-state index in [2.05, 4.69) is 33.6 Å². The van der Waals surface area contributed by atoms with E-state index >= 15 is 0 Å². The average Bonchev–Trinajstić information content (AvgIpc) is 2.60. The van der Waals surface area contributed by atoms with Gasteiger partial charge in [0.15, 0.2) is 0 Å². The number of carbonyl (C=O) groups excluding carboxylic acids is 1. The molecule has 0 unspecified atom stereocenters. The minimum absolute atomic E-state index is 0.0503. The standard InChI is InChI=1S/C22H27FO2/c1-6-22(5)12-11-18(15(2)3)13-20(22)16(4)14-25-21(24)17-7-9-19(23)10-8-17/h6-10,18,20H,1-2,4,11-14H2,3,5H3/t18-,20+,22-/m1/s1. The van der Waals surface area contributed by atoms with Crippen molar-refractivity contribution in [1.29, 1.82) is 0 Å². The summed E-state index contributed by atoms with van der Waals surface area (Å²) in [6.45, 7) is 16.7. The summed E-state index contributed by atoms with van der Waals surface area (Å²) < 4.78 is 18.3. The van der Waals surface area contributed by atoms with Crippen LogP contribution in [0.25, 0.3) is 0 Å². The number of esters is 1. The Balaban J connectivity index is 2.03. The Hall–Kier alpha value is -2.16. The first-order valence-corrected chi connectivity index (χ1v) is 8.66. The van der Waals surface area contributed by atoms with Crippen LogP contribution < -0.4 is 0 Å². The van der Waals surface area contributed by atoms with Crippen molar-refractivity contribution in [3.63, 3.8) is 0 Å². The van der Waals surface area contributed by atoms with Crippen LogP contribution in [0.5, 0.6) is 0 Å². The lowest BCUT2D eigenvalue weighted by Gasteiger charge is -2.44. The molecule has 1 aromatic rings. The van der Waals surface area contributed by atoms with Crippen LogP contribution in [0, 0.1) is 23.1 Å². The molecule has 1 aromatic carbocycles. The van der Waals surface area contributed by atoms with E-state index < -0.39 is 5.97 Å². The molecule has 1 fully saturated rings. The summed E-state index contributed by atoms with van der Waals surface area (Å²) in [6.07, 6.45) is 5.06. The largest absolute Gasteiger partial charge is 0.458 e. The molecule has 0 heterocycles. The van der Waals surface area contributed by atoms with Gasteiger partial charge in [-0.3, -0.25) is 0 Å². The molecule has 2 nitrogen and oxygen atoms in total. The third-order valence-corrected chi connectivity index (χ3v) is 5.47. The number of carbonyl (C=O) groups is 1. The maximum Gasteiger partial charge on any atom is 0.338 e. The van der Waals surface area contributed by atoms with Gasteiger partial charge in [-0.25, -0.2) is 9.18 Å². The highest BCUT2D eigenvalue weighted by Crippen LogP contribution is 2.48. The number of halogens is 1. The molecule has 0 aromatic heterocycles. The van der Waals surface area contributed by atoms with Crippen molar-refractivity contribution in [2.45, 2.75) is 33.1 Å². The van der Waals surface area contributed by atoms with Crippen LogP contribution >= 0.6 is 0 Å². The van der Waals surface area contributed by atoms with Gasteiger partial charge in [0.2, 0.25) is 0 Å². The Morgan fingerprint density at radius 3 is 2.56 bits per heavy atom. The predicted molar refractivity (Wildman–Crippen MR) is 99.8 cm³/mol. The van der Waals surface area contributed by atoms with Gasteiger partial charge in [0.25, 0.3) is 0 Å². The fraction of sp³-hybridized carbons (Fsp3) is 0.409. The summed E-state index contributed by atoms with van der Waals surface area (Å²) in [5.41, 5.74) is 2.37. The van der Waals surface area contributed by atoms with Gasteiger partial charge in [-0.2, -0.15) is 0 Å². The van der Waals surface area contributed by atoms with Gasteiger partial charge in [-0.1, -0.05) is 31.7 Å². The first kappa shape index (κ1) is 19.2. The summed E-state index contributed by atoms with van der Waals surface area (Å²) in [5.74, 6) is -0.187. The van der Waals surface area contributed by atoms with Crippen LogP contribution in [0.2, 0.25) is 0 Å². The maximum absolute atomic E-state index is 13.0. The van der Waals surface area contributed by atoms with Crippen LogP contribution in [0.4, 0.5) is 4.39 Å². The van der Waals surface area contributed by atoms with Gasteiger partial charge in [0.1, 0.15) is 12.4 Å². The molecule has 1 aliphatic carbocycles. The van der Waals surface area contributed by atoms with E-state index in [1.54, 1.807) is 0 Å². The number of hydrogen-bond acceptors (Lipinski definition) is 2. The zero-order chi connectivity index (χ0) is 18.6. The summed E-state index contributed by atoms with van der Waals surface area (Å²) in [7, 11) is 0. The second-order valence-corrected chi connectivity index (χ2v) is 7.32. The highest BCUT2D eigenvalue weighted by molar-refractivity contribution is 5.89. The molecular weight excluding hydrogens is 315 g/mol. The molecule has 0 saturated heterocycles. The van der Waals surface area contributed by atoms with Gasteiger partial charge in [0.05, 0.1) is 5.56 Å². The van der Waals surface area contributed by atoms with E-state index in [0.29, 0.717) is 11.5 Å². The predicted octanol–water partition coefficient (Wildman–Crippen LogP) is 5.72. The lowest BCUT2D eigenvalue weighted by molar-refractivity contribution is 0.0509. The van der Waals surface area contributed by atoms with Crippen molar-refractivity contribution in [3.8, 4) is 0 Å². The van der Waals surface area contributed by atoms with Gasteiger partial charge in [-0.15, -0.1) is 6.58 Å². The van der Waals surface area contributed by atoms with Crippen LogP contribution in [0.15, 0.2) is 61.2 Å². The molecule has 0 bridgehead atoms. The molecule has 3 atom stereocenters. The number of ether oxygens (including phenoxy) is 1. The summed E-state index contributed by atoms with van der Waals surface area (Å²) in [6, 6.07) is 5.34. The molecule has 0 amide bonds. The second-order valence-electron chi connectivity index (χ2n) is 7.32. The van der Waals surface area contributed by atoms with Crippen molar-refractivity contribution >= 4 is 5.97 Å². The van der Waals surface area contributed by atoms with Crippen LogP contribution in [-0.4, -0.2) is 12.6 Å². The Morgan fingerprint density at radius 2 is 2.00 bits per heavy atom.